The molecule has 1 aliphatic rings. The molecule has 0 bridgehead atoms. The first-order valence-corrected chi connectivity index (χ1v) is 10.6. The van der Waals surface area contributed by atoms with Crippen LogP contribution in [0.1, 0.15) is 0 Å². The van der Waals surface area contributed by atoms with Crippen LogP contribution in [0.25, 0.3) is 22.5 Å². The lowest BCUT2D eigenvalue weighted by Crippen LogP contribution is -2.38. The SMILES string of the molecule is CSc1nc(-c2ccc(F)cc2)c(-c2ccncc2)n1CCN1CCOCC1. The standard InChI is InChI=1S/C21H23FN4OS/c1-28-21-24-19(16-2-4-18(22)5-3-16)20(17-6-8-23-9-7-17)26(21)11-10-25-12-14-27-15-13-25/h2-9H,10-15H2,1H3. The Balaban J connectivity index is 1.75. The summed E-state index contributed by atoms with van der Waals surface area (Å²) < 4.78 is 21.2. The van der Waals surface area contributed by atoms with E-state index in [2.05, 4.69) is 14.5 Å². The summed E-state index contributed by atoms with van der Waals surface area (Å²) in [6, 6.07) is 10.5. The van der Waals surface area contributed by atoms with Crippen molar-refractivity contribution < 1.29 is 9.13 Å². The van der Waals surface area contributed by atoms with Crippen LogP contribution in [-0.4, -0.2) is 58.5 Å². The molecule has 0 amide bonds. The van der Waals surface area contributed by atoms with Gasteiger partial charge in [-0.05, 0) is 42.7 Å². The molecule has 0 aliphatic carbocycles. The molecule has 1 aliphatic heterocycles. The number of halogens is 1. The van der Waals surface area contributed by atoms with Crippen LogP contribution in [0.4, 0.5) is 4.39 Å². The molecule has 0 radical (unpaired) electrons. The van der Waals surface area contributed by atoms with Crippen molar-refractivity contribution in [2.24, 2.45) is 0 Å². The fraction of sp³-hybridized carbons (Fsp3) is 0.333. The van der Waals surface area contributed by atoms with Crippen LogP contribution in [0.2, 0.25) is 0 Å². The van der Waals surface area contributed by atoms with Gasteiger partial charge in [-0.15, -0.1) is 0 Å². The number of hydrogen-bond donors (Lipinski definition) is 0. The van der Waals surface area contributed by atoms with Crippen LogP contribution in [0.5, 0.6) is 0 Å². The summed E-state index contributed by atoms with van der Waals surface area (Å²) in [7, 11) is 0. The fourth-order valence-electron chi connectivity index (χ4n) is 3.47. The highest BCUT2D eigenvalue weighted by Crippen LogP contribution is 2.35. The van der Waals surface area contributed by atoms with E-state index in [1.165, 1.54) is 12.1 Å². The van der Waals surface area contributed by atoms with Gasteiger partial charge < -0.3 is 9.30 Å². The summed E-state index contributed by atoms with van der Waals surface area (Å²) in [4.78, 5) is 11.5. The molecule has 3 aromatic rings. The van der Waals surface area contributed by atoms with Gasteiger partial charge >= 0.3 is 0 Å². The first-order chi connectivity index (χ1) is 13.8. The maximum atomic E-state index is 13.4. The Morgan fingerprint density at radius 2 is 1.71 bits per heavy atom. The molecule has 3 heterocycles. The molecule has 1 aromatic carbocycles. The molecule has 0 N–H and O–H groups in total. The molecular weight excluding hydrogens is 375 g/mol. The van der Waals surface area contributed by atoms with Gasteiger partial charge in [-0.2, -0.15) is 0 Å². The molecule has 1 fully saturated rings. The number of benzene rings is 1. The van der Waals surface area contributed by atoms with Gasteiger partial charge in [0.05, 0.1) is 24.6 Å². The van der Waals surface area contributed by atoms with E-state index in [0.29, 0.717) is 0 Å². The third-order valence-electron chi connectivity index (χ3n) is 4.93. The third kappa shape index (κ3) is 4.11. The minimum atomic E-state index is -0.244. The summed E-state index contributed by atoms with van der Waals surface area (Å²) in [5.41, 5.74) is 3.89. The van der Waals surface area contributed by atoms with Crippen molar-refractivity contribution in [3.63, 3.8) is 0 Å². The summed E-state index contributed by atoms with van der Waals surface area (Å²) in [5.74, 6) is -0.244. The van der Waals surface area contributed by atoms with E-state index in [1.54, 1.807) is 36.3 Å². The Bertz CT molecular complexity index is 908. The second kappa shape index (κ2) is 8.86. The second-order valence-corrected chi connectivity index (χ2v) is 7.42. The van der Waals surface area contributed by atoms with Crippen molar-refractivity contribution >= 4 is 11.8 Å². The van der Waals surface area contributed by atoms with Crippen LogP contribution < -0.4 is 0 Å². The number of morpholine rings is 1. The van der Waals surface area contributed by atoms with Crippen LogP contribution in [0, 0.1) is 5.82 Å². The summed E-state index contributed by atoms with van der Waals surface area (Å²) in [6.45, 7) is 5.27. The zero-order chi connectivity index (χ0) is 19.3. The van der Waals surface area contributed by atoms with Crippen molar-refractivity contribution in [2.45, 2.75) is 11.7 Å². The number of imidazole rings is 1. The van der Waals surface area contributed by atoms with Crippen molar-refractivity contribution in [1.82, 2.24) is 19.4 Å². The van der Waals surface area contributed by atoms with Crippen molar-refractivity contribution in [1.29, 1.82) is 0 Å². The zero-order valence-electron chi connectivity index (χ0n) is 15.8. The Kier molecular flexibility index (Phi) is 6.04. The van der Waals surface area contributed by atoms with Crippen LogP contribution in [0.15, 0.2) is 53.9 Å². The molecule has 146 valence electrons. The number of thioether (sulfide) groups is 1. The van der Waals surface area contributed by atoms with E-state index in [4.69, 9.17) is 9.72 Å². The third-order valence-corrected chi connectivity index (χ3v) is 5.61. The van der Waals surface area contributed by atoms with E-state index in [9.17, 15) is 4.39 Å². The monoisotopic (exact) mass is 398 g/mol. The van der Waals surface area contributed by atoms with Gasteiger partial charge in [-0.1, -0.05) is 11.8 Å². The number of ether oxygens (including phenoxy) is 1. The Morgan fingerprint density at radius 1 is 1.00 bits per heavy atom. The first kappa shape index (κ1) is 19.1. The molecule has 2 aromatic heterocycles. The number of pyridine rings is 1. The Labute approximate surface area is 168 Å². The smallest absolute Gasteiger partial charge is 0.168 e. The highest BCUT2D eigenvalue weighted by molar-refractivity contribution is 7.98. The predicted octanol–water partition coefficient (Wildman–Crippen LogP) is 3.81. The normalized spacial score (nSPS) is 15.1. The second-order valence-electron chi connectivity index (χ2n) is 6.64. The number of aromatic nitrogens is 3. The van der Waals surface area contributed by atoms with E-state index < -0.39 is 0 Å². The molecule has 7 heteroatoms. The maximum absolute atomic E-state index is 13.4. The van der Waals surface area contributed by atoms with E-state index in [1.807, 2.05) is 18.4 Å². The van der Waals surface area contributed by atoms with Gasteiger partial charge in [0.25, 0.3) is 0 Å². The lowest BCUT2D eigenvalue weighted by Gasteiger charge is -2.27. The Hall–Kier alpha value is -2.22. The van der Waals surface area contributed by atoms with Gasteiger partial charge in [-0.3, -0.25) is 9.88 Å². The quantitative estimate of drug-likeness (QED) is 0.591. The molecule has 0 unspecified atom stereocenters. The molecule has 1 saturated heterocycles. The van der Waals surface area contributed by atoms with E-state index in [0.717, 1.165) is 67.1 Å². The van der Waals surface area contributed by atoms with Gasteiger partial charge in [-0.25, -0.2) is 9.37 Å². The molecule has 0 atom stereocenters. The van der Waals surface area contributed by atoms with Crippen LogP contribution in [-0.2, 0) is 11.3 Å². The lowest BCUT2D eigenvalue weighted by molar-refractivity contribution is 0.0362. The summed E-state index contributed by atoms with van der Waals surface area (Å²) in [5, 5.41) is 0.958. The summed E-state index contributed by atoms with van der Waals surface area (Å²) >= 11 is 1.63. The molecule has 5 nitrogen and oxygen atoms in total. The highest BCUT2D eigenvalue weighted by atomic mass is 32.2. The first-order valence-electron chi connectivity index (χ1n) is 9.37. The average Bonchev–Trinajstić information content (AvgIpc) is 3.12. The maximum Gasteiger partial charge on any atom is 0.168 e. The van der Waals surface area contributed by atoms with E-state index in [-0.39, 0.29) is 5.82 Å². The molecule has 0 saturated carbocycles. The number of rotatable bonds is 6. The average molecular weight is 399 g/mol. The number of hydrogen-bond acceptors (Lipinski definition) is 5. The largest absolute Gasteiger partial charge is 0.379 e. The van der Waals surface area contributed by atoms with Crippen molar-refractivity contribution in [3.05, 3.63) is 54.6 Å². The van der Waals surface area contributed by atoms with Crippen LogP contribution >= 0.6 is 11.8 Å². The lowest BCUT2D eigenvalue weighted by atomic mass is 10.1. The Morgan fingerprint density at radius 3 is 2.39 bits per heavy atom. The molecular formula is C21H23FN4OS. The highest BCUT2D eigenvalue weighted by Gasteiger charge is 2.21. The van der Waals surface area contributed by atoms with Gasteiger partial charge in [0.1, 0.15) is 5.82 Å². The minimum absolute atomic E-state index is 0.244. The summed E-state index contributed by atoms with van der Waals surface area (Å²) in [6.07, 6.45) is 5.63. The molecule has 0 spiro atoms. The van der Waals surface area contributed by atoms with Crippen molar-refractivity contribution in [3.8, 4) is 22.5 Å². The topological polar surface area (TPSA) is 43.2 Å². The van der Waals surface area contributed by atoms with Gasteiger partial charge in [0.2, 0.25) is 0 Å². The van der Waals surface area contributed by atoms with Crippen molar-refractivity contribution in [2.75, 3.05) is 39.1 Å². The fourth-order valence-corrected chi connectivity index (χ4v) is 4.06. The molecule has 4 rings (SSSR count). The van der Waals surface area contributed by atoms with Gasteiger partial charge in [0, 0.05) is 49.7 Å². The zero-order valence-corrected chi connectivity index (χ0v) is 16.7. The van der Waals surface area contributed by atoms with Gasteiger partial charge in [0.15, 0.2) is 5.16 Å². The minimum Gasteiger partial charge on any atom is -0.379 e. The predicted molar refractivity (Wildman–Crippen MR) is 110 cm³/mol. The van der Waals surface area contributed by atoms with E-state index >= 15 is 0 Å². The number of nitrogens with zero attached hydrogens (tertiary/aromatic N) is 4. The van der Waals surface area contributed by atoms with Crippen LogP contribution in [0.3, 0.4) is 0 Å². The molecule has 28 heavy (non-hydrogen) atoms.